The minimum atomic E-state index is -0.822. The van der Waals surface area contributed by atoms with Crippen LogP contribution in [0, 0.1) is 0 Å². The van der Waals surface area contributed by atoms with Crippen molar-refractivity contribution in [3.8, 4) is 5.75 Å². The topological polar surface area (TPSA) is 101 Å². The van der Waals surface area contributed by atoms with Crippen molar-refractivity contribution in [2.75, 3.05) is 29.2 Å². The molecule has 1 fully saturated rings. The monoisotopic (exact) mass is 354 g/mol. The average molecular weight is 354 g/mol. The SMILES string of the molecule is COc1ccc(NC(=O)C(=O)Nc2cccnc2)cc1N1CCCC1=O. The molecule has 0 bridgehead atoms. The normalized spacial score (nSPS) is 13.4. The fourth-order valence-electron chi connectivity index (χ4n) is 2.69. The molecule has 134 valence electrons. The highest BCUT2D eigenvalue weighted by molar-refractivity contribution is 6.43. The number of carbonyl (C=O) groups excluding carboxylic acids is 3. The molecule has 26 heavy (non-hydrogen) atoms. The first-order valence-corrected chi connectivity index (χ1v) is 8.09. The number of aromatic nitrogens is 1. The Kier molecular flexibility index (Phi) is 5.12. The summed E-state index contributed by atoms with van der Waals surface area (Å²) in [6.45, 7) is 0.591. The second-order valence-corrected chi connectivity index (χ2v) is 5.69. The highest BCUT2D eigenvalue weighted by atomic mass is 16.5. The minimum Gasteiger partial charge on any atom is -0.495 e. The van der Waals surface area contributed by atoms with E-state index in [0.29, 0.717) is 35.8 Å². The summed E-state index contributed by atoms with van der Waals surface area (Å²) >= 11 is 0. The van der Waals surface area contributed by atoms with Crippen LogP contribution in [0.2, 0.25) is 0 Å². The summed E-state index contributed by atoms with van der Waals surface area (Å²) in [6.07, 6.45) is 4.25. The van der Waals surface area contributed by atoms with Crippen molar-refractivity contribution in [2.45, 2.75) is 12.8 Å². The predicted molar refractivity (Wildman–Crippen MR) is 96.1 cm³/mol. The van der Waals surface area contributed by atoms with Gasteiger partial charge in [-0.05, 0) is 36.8 Å². The summed E-state index contributed by atoms with van der Waals surface area (Å²) in [6, 6.07) is 8.16. The molecule has 0 radical (unpaired) electrons. The Morgan fingerprint density at radius 2 is 1.92 bits per heavy atom. The van der Waals surface area contributed by atoms with Crippen LogP contribution < -0.4 is 20.3 Å². The third kappa shape index (κ3) is 3.80. The van der Waals surface area contributed by atoms with E-state index < -0.39 is 11.8 Å². The Morgan fingerprint density at radius 1 is 1.15 bits per heavy atom. The molecule has 1 aliphatic rings. The molecule has 2 aromatic rings. The fourth-order valence-corrected chi connectivity index (χ4v) is 2.69. The largest absolute Gasteiger partial charge is 0.495 e. The maximum absolute atomic E-state index is 12.1. The van der Waals surface area contributed by atoms with E-state index in [1.807, 2.05) is 0 Å². The van der Waals surface area contributed by atoms with Gasteiger partial charge in [0.15, 0.2) is 0 Å². The van der Waals surface area contributed by atoms with E-state index in [4.69, 9.17) is 4.74 Å². The number of hydrogen-bond donors (Lipinski definition) is 2. The molecule has 8 nitrogen and oxygen atoms in total. The first-order chi connectivity index (χ1) is 12.6. The van der Waals surface area contributed by atoms with Gasteiger partial charge < -0.3 is 20.3 Å². The predicted octanol–water partition coefficient (Wildman–Crippen LogP) is 1.79. The van der Waals surface area contributed by atoms with Gasteiger partial charge in [0.25, 0.3) is 0 Å². The maximum Gasteiger partial charge on any atom is 0.314 e. The van der Waals surface area contributed by atoms with Gasteiger partial charge in [0, 0.05) is 24.8 Å². The molecular formula is C18H18N4O4. The molecule has 0 atom stereocenters. The summed E-state index contributed by atoms with van der Waals surface area (Å²) in [5.74, 6) is -1.11. The van der Waals surface area contributed by atoms with Crippen LogP contribution >= 0.6 is 0 Å². The van der Waals surface area contributed by atoms with E-state index in [9.17, 15) is 14.4 Å². The third-order valence-corrected chi connectivity index (χ3v) is 3.93. The summed E-state index contributed by atoms with van der Waals surface area (Å²) < 4.78 is 5.30. The van der Waals surface area contributed by atoms with Gasteiger partial charge in [0.1, 0.15) is 5.75 Å². The molecule has 0 aliphatic carbocycles. The number of pyridine rings is 1. The van der Waals surface area contributed by atoms with Crippen molar-refractivity contribution in [1.29, 1.82) is 0 Å². The zero-order chi connectivity index (χ0) is 18.5. The maximum atomic E-state index is 12.1. The van der Waals surface area contributed by atoms with Gasteiger partial charge in [-0.1, -0.05) is 0 Å². The standard InChI is InChI=1S/C18H18N4O4/c1-26-15-7-6-12(10-14(15)22-9-3-5-16(22)23)20-17(24)18(25)21-13-4-2-8-19-11-13/h2,4,6-8,10-11H,3,5,9H2,1H3,(H,20,24)(H,21,25). The molecule has 1 saturated heterocycles. The van der Waals surface area contributed by atoms with E-state index in [-0.39, 0.29) is 5.91 Å². The lowest BCUT2D eigenvalue weighted by molar-refractivity contribution is -0.133. The van der Waals surface area contributed by atoms with Crippen molar-refractivity contribution in [1.82, 2.24) is 4.98 Å². The van der Waals surface area contributed by atoms with Gasteiger partial charge in [0.05, 0.1) is 24.7 Å². The first-order valence-electron chi connectivity index (χ1n) is 8.09. The quantitative estimate of drug-likeness (QED) is 0.816. The number of rotatable bonds is 4. The molecule has 2 heterocycles. The Balaban J connectivity index is 1.74. The molecule has 1 aliphatic heterocycles. The second kappa shape index (κ2) is 7.64. The molecule has 2 N–H and O–H groups in total. The molecule has 0 unspecified atom stereocenters. The van der Waals surface area contributed by atoms with Crippen molar-refractivity contribution in [3.05, 3.63) is 42.7 Å². The minimum absolute atomic E-state index is 0.00102. The summed E-state index contributed by atoms with van der Waals surface area (Å²) in [4.78, 5) is 41.6. The van der Waals surface area contributed by atoms with Crippen molar-refractivity contribution >= 4 is 34.8 Å². The van der Waals surface area contributed by atoms with Crippen LogP contribution in [0.5, 0.6) is 5.75 Å². The number of ether oxygens (including phenoxy) is 1. The fraction of sp³-hybridized carbons (Fsp3) is 0.222. The Hall–Kier alpha value is -3.42. The Bertz CT molecular complexity index is 838. The van der Waals surface area contributed by atoms with E-state index >= 15 is 0 Å². The van der Waals surface area contributed by atoms with Gasteiger partial charge in [-0.2, -0.15) is 0 Å². The average Bonchev–Trinajstić information content (AvgIpc) is 3.08. The smallest absolute Gasteiger partial charge is 0.314 e. The molecular weight excluding hydrogens is 336 g/mol. The molecule has 8 heteroatoms. The van der Waals surface area contributed by atoms with Crippen LogP contribution in [0.25, 0.3) is 0 Å². The third-order valence-electron chi connectivity index (χ3n) is 3.93. The van der Waals surface area contributed by atoms with Crippen LogP contribution in [-0.4, -0.2) is 36.4 Å². The van der Waals surface area contributed by atoms with Crippen LogP contribution in [0.3, 0.4) is 0 Å². The van der Waals surface area contributed by atoms with Gasteiger partial charge >= 0.3 is 11.8 Å². The molecule has 1 aromatic carbocycles. The van der Waals surface area contributed by atoms with Crippen molar-refractivity contribution in [3.63, 3.8) is 0 Å². The van der Waals surface area contributed by atoms with Crippen molar-refractivity contribution < 1.29 is 19.1 Å². The summed E-state index contributed by atoms with van der Waals surface area (Å²) in [5.41, 5.74) is 1.39. The molecule has 0 saturated carbocycles. The van der Waals surface area contributed by atoms with Crippen LogP contribution in [0.4, 0.5) is 17.1 Å². The number of carbonyl (C=O) groups is 3. The van der Waals surface area contributed by atoms with Crippen LogP contribution in [0.15, 0.2) is 42.7 Å². The van der Waals surface area contributed by atoms with E-state index in [1.54, 1.807) is 41.4 Å². The Morgan fingerprint density at radius 3 is 2.54 bits per heavy atom. The van der Waals surface area contributed by atoms with E-state index in [1.165, 1.54) is 13.3 Å². The van der Waals surface area contributed by atoms with Gasteiger partial charge in [-0.25, -0.2) is 0 Å². The zero-order valence-electron chi connectivity index (χ0n) is 14.2. The van der Waals surface area contributed by atoms with Gasteiger partial charge in [0.2, 0.25) is 5.91 Å². The Labute approximate surface area is 150 Å². The number of amides is 3. The number of anilines is 3. The highest BCUT2D eigenvalue weighted by Crippen LogP contribution is 2.34. The lowest BCUT2D eigenvalue weighted by Gasteiger charge is -2.20. The lowest BCUT2D eigenvalue weighted by Crippen LogP contribution is -2.29. The molecule has 3 rings (SSSR count). The summed E-state index contributed by atoms with van der Waals surface area (Å²) in [5, 5.41) is 4.99. The van der Waals surface area contributed by atoms with E-state index in [0.717, 1.165) is 6.42 Å². The number of benzene rings is 1. The molecule has 3 amide bonds. The second-order valence-electron chi connectivity index (χ2n) is 5.69. The lowest BCUT2D eigenvalue weighted by atomic mass is 10.2. The number of nitrogens with zero attached hydrogens (tertiary/aromatic N) is 2. The summed E-state index contributed by atoms with van der Waals surface area (Å²) in [7, 11) is 1.51. The highest BCUT2D eigenvalue weighted by Gasteiger charge is 2.25. The number of hydrogen-bond acceptors (Lipinski definition) is 5. The van der Waals surface area contributed by atoms with Crippen LogP contribution in [0.1, 0.15) is 12.8 Å². The van der Waals surface area contributed by atoms with Crippen molar-refractivity contribution in [2.24, 2.45) is 0 Å². The zero-order valence-corrected chi connectivity index (χ0v) is 14.2. The first kappa shape index (κ1) is 17.4. The van der Waals surface area contributed by atoms with Gasteiger partial charge in [-0.15, -0.1) is 0 Å². The van der Waals surface area contributed by atoms with Crippen LogP contribution in [-0.2, 0) is 14.4 Å². The molecule has 0 spiro atoms. The van der Waals surface area contributed by atoms with E-state index in [2.05, 4.69) is 15.6 Å². The molecule has 1 aromatic heterocycles. The number of nitrogens with one attached hydrogen (secondary N) is 2. The number of methoxy groups -OCH3 is 1. The van der Waals surface area contributed by atoms with Gasteiger partial charge in [-0.3, -0.25) is 19.4 Å².